The van der Waals surface area contributed by atoms with Gasteiger partial charge in [-0.25, -0.2) is 0 Å². The van der Waals surface area contributed by atoms with Crippen molar-refractivity contribution in [3.8, 4) is 0 Å². The van der Waals surface area contributed by atoms with E-state index in [9.17, 15) is 9.59 Å². The summed E-state index contributed by atoms with van der Waals surface area (Å²) < 4.78 is 5.38. The van der Waals surface area contributed by atoms with E-state index in [4.69, 9.17) is 9.84 Å². The second kappa shape index (κ2) is 5.54. The minimum atomic E-state index is -0.385. The molecule has 1 aliphatic heterocycles. The number of carbonyl (C=O) groups excluding carboxylic acids is 1. The number of aliphatic hydroxyl groups is 1. The molecule has 1 aliphatic rings. The van der Waals surface area contributed by atoms with Crippen molar-refractivity contribution in [2.75, 3.05) is 19.8 Å². The molecule has 6 heteroatoms. The van der Waals surface area contributed by atoms with Crippen molar-refractivity contribution in [1.82, 2.24) is 9.88 Å². The van der Waals surface area contributed by atoms with Crippen LogP contribution >= 0.6 is 0 Å². The number of amides is 1. The van der Waals surface area contributed by atoms with Crippen LogP contribution in [0.1, 0.15) is 23.0 Å². The van der Waals surface area contributed by atoms with Crippen LogP contribution < -0.4 is 5.56 Å². The van der Waals surface area contributed by atoms with Gasteiger partial charge in [-0.3, -0.25) is 9.59 Å². The van der Waals surface area contributed by atoms with E-state index in [0.29, 0.717) is 18.8 Å². The second-order valence-corrected chi connectivity index (χ2v) is 4.83. The Balaban J connectivity index is 2.24. The van der Waals surface area contributed by atoms with Crippen molar-refractivity contribution >= 4 is 5.91 Å². The lowest BCUT2D eigenvalue weighted by Crippen LogP contribution is -2.52. The summed E-state index contributed by atoms with van der Waals surface area (Å²) in [6, 6.07) is 3.12. The van der Waals surface area contributed by atoms with Gasteiger partial charge < -0.3 is 19.7 Å². The summed E-state index contributed by atoms with van der Waals surface area (Å²) in [5.74, 6) is -0.324. The maximum atomic E-state index is 12.4. The minimum Gasteiger partial charge on any atom is -0.394 e. The number of hydrogen-bond acceptors (Lipinski definition) is 4. The fourth-order valence-electron chi connectivity index (χ4n) is 2.11. The van der Waals surface area contributed by atoms with Crippen molar-refractivity contribution in [2.45, 2.75) is 26.0 Å². The van der Waals surface area contributed by atoms with Gasteiger partial charge in [0.2, 0.25) is 0 Å². The number of morpholine rings is 1. The van der Waals surface area contributed by atoms with Gasteiger partial charge in [0, 0.05) is 12.2 Å². The third kappa shape index (κ3) is 2.85. The zero-order valence-corrected chi connectivity index (χ0v) is 11.0. The van der Waals surface area contributed by atoms with E-state index in [-0.39, 0.29) is 35.8 Å². The molecule has 2 atom stereocenters. The number of aliphatic hydroxyl groups excluding tert-OH is 1. The topological polar surface area (TPSA) is 82.6 Å². The lowest BCUT2D eigenvalue weighted by molar-refractivity contribution is -0.0667. The van der Waals surface area contributed by atoms with Gasteiger partial charge in [-0.05, 0) is 26.0 Å². The molecule has 2 rings (SSSR count). The van der Waals surface area contributed by atoms with Crippen LogP contribution in [0.25, 0.3) is 0 Å². The van der Waals surface area contributed by atoms with Crippen LogP contribution in [0.2, 0.25) is 0 Å². The molecule has 19 heavy (non-hydrogen) atoms. The van der Waals surface area contributed by atoms with E-state index in [1.54, 1.807) is 17.9 Å². The summed E-state index contributed by atoms with van der Waals surface area (Å²) in [7, 11) is 0. The fraction of sp³-hybridized carbons (Fsp3) is 0.538. The molecular formula is C13H18N2O4. The quantitative estimate of drug-likeness (QED) is 0.783. The van der Waals surface area contributed by atoms with Gasteiger partial charge in [-0.15, -0.1) is 0 Å². The second-order valence-electron chi connectivity index (χ2n) is 4.83. The molecular weight excluding hydrogens is 248 g/mol. The number of pyridine rings is 1. The molecule has 104 valence electrons. The van der Waals surface area contributed by atoms with Crippen LogP contribution in [0.4, 0.5) is 0 Å². The lowest BCUT2D eigenvalue weighted by atomic mass is 10.1. The van der Waals surface area contributed by atoms with Gasteiger partial charge in [0.05, 0.1) is 25.4 Å². The van der Waals surface area contributed by atoms with Gasteiger partial charge in [-0.2, -0.15) is 0 Å². The van der Waals surface area contributed by atoms with E-state index in [0.717, 1.165) is 0 Å². The Kier molecular flexibility index (Phi) is 4.01. The number of aromatic nitrogens is 1. The number of nitrogens with zero attached hydrogens (tertiary/aromatic N) is 1. The number of rotatable bonds is 2. The standard InChI is InChI=1S/C13H18N2O4/c1-8-3-4-11(12(17)14-8)13(18)15-5-10(6-16)19-7-9(15)2/h3-4,9-10,16H,5-7H2,1-2H3,(H,14,17). The van der Waals surface area contributed by atoms with Crippen molar-refractivity contribution in [1.29, 1.82) is 0 Å². The minimum absolute atomic E-state index is 0.115. The van der Waals surface area contributed by atoms with E-state index >= 15 is 0 Å². The smallest absolute Gasteiger partial charge is 0.260 e. The number of aromatic amines is 1. The maximum Gasteiger partial charge on any atom is 0.260 e. The number of hydrogen-bond donors (Lipinski definition) is 2. The molecule has 1 saturated heterocycles. The monoisotopic (exact) mass is 266 g/mol. The van der Waals surface area contributed by atoms with Crippen LogP contribution in [-0.4, -0.2) is 52.8 Å². The van der Waals surface area contributed by atoms with Gasteiger partial charge in [-0.1, -0.05) is 0 Å². The molecule has 2 N–H and O–H groups in total. The Hall–Kier alpha value is -1.66. The van der Waals surface area contributed by atoms with Crippen LogP contribution in [0, 0.1) is 6.92 Å². The van der Waals surface area contributed by atoms with Crippen LogP contribution in [-0.2, 0) is 4.74 Å². The molecule has 0 spiro atoms. The predicted molar refractivity (Wildman–Crippen MR) is 69.1 cm³/mol. The molecule has 1 amide bonds. The van der Waals surface area contributed by atoms with Crippen molar-refractivity contribution in [3.05, 3.63) is 33.7 Å². The largest absolute Gasteiger partial charge is 0.394 e. The van der Waals surface area contributed by atoms with Crippen LogP contribution in [0.5, 0.6) is 0 Å². The highest BCUT2D eigenvalue weighted by molar-refractivity contribution is 5.94. The predicted octanol–water partition coefficient (Wildman–Crippen LogP) is -0.0949. The summed E-state index contributed by atoms with van der Waals surface area (Å²) >= 11 is 0. The van der Waals surface area contributed by atoms with Gasteiger partial charge in [0.25, 0.3) is 11.5 Å². The van der Waals surface area contributed by atoms with Crippen molar-refractivity contribution < 1.29 is 14.6 Å². The molecule has 0 radical (unpaired) electrons. The normalized spacial score (nSPS) is 23.4. The van der Waals surface area contributed by atoms with E-state index in [1.807, 2.05) is 6.92 Å². The Morgan fingerprint density at radius 1 is 1.58 bits per heavy atom. The zero-order chi connectivity index (χ0) is 14.0. The molecule has 0 bridgehead atoms. The summed E-state index contributed by atoms with van der Waals surface area (Å²) in [6.45, 7) is 4.13. The highest BCUT2D eigenvalue weighted by Gasteiger charge is 2.30. The first-order valence-corrected chi connectivity index (χ1v) is 6.26. The van der Waals surface area contributed by atoms with Gasteiger partial charge in [0.1, 0.15) is 5.56 Å². The Labute approximate surface area is 111 Å². The third-order valence-electron chi connectivity index (χ3n) is 3.26. The number of ether oxygens (including phenoxy) is 1. The highest BCUT2D eigenvalue weighted by atomic mass is 16.5. The Bertz CT molecular complexity index is 526. The first kappa shape index (κ1) is 13.8. The van der Waals surface area contributed by atoms with Crippen LogP contribution in [0.15, 0.2) is 16.9 Å². The first-order chi connectivity index (χ1) is 9.02. The lowest BCUT2D eigenvalue weighted by Gasteiger charge is -2.37. The van der Waals surface area contributed by atoms with E-state index in [1.165, 1.54) is 6.07 Å². The zero-order valence-electron chi connectivity index (χ0n) is 11.0. The summed E-state index contributed by atoms with van der Waals surface area (Å²) in [6.07, 6.45) is -0.385. The number of carbonyl (C=O) groups is 1. The molecule has 2 heterocycles. The fourth-order valence-corrected chi connectivity index (χ4v) is 2.11. The summed E-state index contributed by atoms with van der Waals surface area (Å²) in [5.41, 5.74) is 0.449. The number of nitrogens with one attached hydrogen (secondary N) is 1. The number of aryl methyl sites for hydroxylation is 1. The molecule has 1 aromatic rings. The molecule has 1 fully saturated rings. The number of H-pyrrole nitrogens is 1. The average molecular weight is 266 g/mol. The van der Waals surface area contributed by atoms with E-state index in [2.05, 4.69) is 4.98 Å². The SMILES string of the molecule is Cc1ccc(C(=O)N2CC(CO)OCC2C)c(=O)[nH]1. The molecule has 1 aromatic heterocycles. The van der Waals surface area contributed by atoms with Crippen molar-refractivity contribution in [3.63, 3.8) is 0 Å². The van der Waals surface area contributed by atoms with Crippen LogP contribution in [0.3, 0.4) is 0 Å². The average Bonchev–Trinajstić information content (AvgIpc) is 2.38. The molecule has 0 aliphatic carbocycles. The third-order valence-corrected chi connectivity index (χ3v) is 3.26. The molecule has 2 unspecified atom stereocenters. The van der Waals surface area contributed by atoms with Crippen molar-refractivity contribution in [2.24, 2.45) is 0 Å². The van der Waals surface area contributed by atoms with Gasteiger partial charge >= 0.3 is 0 Å². The maximum absolute atomic E-state index is 12.4. The Morgan fingerprint density at radius 3 is 2.95 bits per heavy atom. The highest BCUT2D eigenvalue weighted by Crippen LogP contribution is 2.14. The molecule has 6 nitrogen and oxygen atoms in total. The van der Waals surface area contributed by atoms with Gasteiger partial charge in [0.15, 0.2) is 0 Å². The molecule has 0 aromatic carbocycles. The Morgan fingerprint density at radius 2 is 2.32 bits per heavy atom. The summed E-state index contributed by atoms with van der Waals surface area (Å²) in [5, 5.41) is 9.11. The summed E-state index contributed by atoms with van der Waals surface area (Å²) in [4.78, 5) is 28.4. The molecule has 0 saturated carbocycles. The van der Waals surface area contributed by atoms with E-state index < -0.39 is 0 Å². The first-order valence-electron chi connectivity index (χ1n) is 6.26.